The van der Waals surface area contributed by atoms with Crippen LogP contribution in [0.3, 0.4) is 0 Å². The zero-order valence-corrected chi connectivity index (χ0v) is 18.6. The monoisotopic (exact) mass is 467 g/mol. The van der Waals surface area contributed by atoms with Crippen molar-refractivity contribution in [1.29, 1.82) is 0 Å². The quantitative estimate of drug-likeness (QED) is 0.493. The van der Waals surface area contributed by atoms with Crippen LogP contribution in [0.4, 0.5) is 4.79 Å². The molecule has 158 valence electrons. The highest BCUT2D eigenvalue weighted by atomic mass is 35.5. The molecule has 0 unspecified atom stereocenters. The summed E-state index contributed by atoms with van der Waals surface area (Å²) in [6.07, 6.45) is 1.65. The fourth-order valence-electron chi connectivity index (χ4n) is 2.71. The molecule has 1 aliphatic heterocycles. The lowest BCUT2D eigenvalue weighted by Crippen LogP contribution is -2.31. The normalized spacial score (nSPS) is 15.2. The Hall–Kier alpha value is -2.19. The number of nitrogens with zero attached hydrogens (tertiary/aromatic N) is 1. The van der Waals surface area contributed by atoms with Crippen molar-refractivity contribution >= 4 is 52.2 Å². The highest BCUT2D eigenvalue weighted by molar-refractivity contribution is 8.18. The Kier molecular flexibility index (Phi) is 7.66. The van der Waals surface area contributed by atoms with E-state index >= 15 is 0 Å². The molecule has 0 atom stereocenters. The molecule has 2 aromatic rings. The van der Waals surface area contributed by atoms with E-state index in [0.29, 0.717) is 38.6 Å². The largest absolute Gasteiger partial charge is 0.493 e. The minimum atomic E-state index is -0.335. The van der Waals surface area contributed by atoms with Gasteiger partial charge in [0.15, 0.2) is 11.5 Å². The van der Waals surface area contributed by atoms with E-state index in [2.05, 4.69) is 0 Å². The van der Waals surface area contributed by atoms with Crippen LogP contribution >= 0.6 is 35.0 Å². The number of ether oxygens (including phenoxy) is 3. The number of halogens is 2. The van der Waals surface area contributed by atoms with Crippen LogP contribution in [0.25, 0.3) is 6.08 Å². The Bertz CT molecular complexity index is 995. The standard InChI is InChI=1S/C21H19Cl2NO5S/c1-27-8-7-24-20(25)19(30-21(24)26)10-13-3-6-17(18(9-13)28-2)29-12-14-4-5-15(22)11-16(14)23/h3-6,9-11H,7-8,12H2,1-2H3/b19-10+. The van der Waals surface area contributed by atoms with Gasteiger partial charge in [-0.15, -0.1) is 0 Å². The van der Waals surface area contributed by atoms with Crippen LogP contribution in [0.1, 0.15) is 11.1 Å². The van der Waals surface area contributed by atoms with Crippen molar-refractivity contribution in [2.75, 3.05) is 27.4 Å². The summed E-state index contributed by atoms with van der Waals surface area (Å²) in [4.78, 5) is 26.0. The summed E-state index contributed by atoms with van der Waals surface area (Å²) >= 11 is 13.0. The number of hydrogen-bond donors (Lipinski definition) is 0. The van der Waals surface area contributed by atoms with Crippen molar-refractivity contribution in [1.82, 2.24) is 4.90 Å². The number of carbonyl (C=O) groups excluding carboxylic acids is 2. The molecule has 0 saturated carbocycles. The van der Waals surface area contributed by atoms with Gasteiger partial charge >= 0.3 is 0 Å². The lowest BCUT2D eigenvalue weighted by atomic mass is 10.1. The van der Waals surface area contributed by atoms with Gasteiger partial charge in [0.25, 0.3) is 11.1 Å². The van der Waals surface area contributed by atoms with Crippen LogP contribution in [-0.4, -0.2) is 43.4 Å². The fourth-order valence-corrected chi connectivity index (χ4v) is 4.04. The molecule has 6 nitrogen and oxygen atoms in total. The highest BCUT2D eigenvalue weighted by Crippen LogP contribution is 2.35. The average molecular weight is 468 g/mol. The molecular weight excluding hydrogens is 449 g/mol. The van der Waals surface area contributed by atoms with E-state index in [-0.39, 0.29) is 24.3 Å². The van der Waals surface area contributed by atoms with E-state index in [9.17, 15) is 9.59 Å². The number of rotatable bonds is 8. The third-order valence-electron chi connectivity index (χ3n) is 4.28. The van der Waals surface area contributed by atoms with E-state index in [1.807, 2.05) is 0 Å². The Morgan fingerprint density at radius 2 is 1.87 bits per heavy atom. The molecule has 0 bridgehead atoms. The predicted molar refractivity (Wildman–Crippen MR) is 118 cm³/mol. The first-order chi connectivity index (χ1) is 14.4. The summed E-state index contributed by atoms with van der Waals surface area (Å²) in [6, 6.07) is 10.5. The molecule has 1 heterocycles. The SMILES string of the molecule is COCCN1C(=O)S/C(=C/c2ccc(OCc3ccc(Cl)cc3Cl)c(OC)c2)C1=O. The first-order valence-corrected chi connectivity index (χ1v) is 10.5. The van der Waals surface area contributed by atoms with Crippen LogP contribution in [0.15, 0.2) is 41.3 Å². The molecule has 1 fully saturated rings. The van der Waals surface area contributed by atoms with E-state index in [1.165, 1.54) is 19.1 Å². The zero-order chi connectivity index (χ0) is 21.7. The Balaban J connectivity index is 1.75. The molecule has 0 N–H and O–H groups in total. The molecule has 2 amide bonds. The maximum absolute atomic E-state index is 12.4. The minimum absolute atomic E-state index is 0.224. The summed E-state index contributed by atoms with van der Waals surface area (Å²) in [7, 11) is 3.05. The number of methoxy groups -OCH3 is 2. The van der Waals surface area contributed by atoms with E-state index < -0.39 is 0 Å². The lowest BCUT2D eigenvalue weighted by Gasteiger charge is -2.12. The Morgan fingerprint density at radius 3 is 2.57 bits per heavy atom. The molecule has 1 saturated heterocycles. The number of amides is 2. The second-order valence-electron chi connectivity index (χ2n) is 6.26. The average Bonchev–Trinajstić information content (AvgIpc) is 2.99. The molecule has 0 aliphatic carbocycles. The van der Waals surface area contributed by atoms with Crippen molar-refractivity contribution < 1.29 is 23.8 Å². The smallest absolute Gasteiger partial charge is 0.293 e. The van der Waals surface area contributed by atoms with Crippen molar-refractivity contribution in [2.45, 2.75) is 6.61 Å². The van der Waals surface area contributed by atoms with Gasteiger partial charge in [-0.2, -0.15) is 0 Å². The van der Waals surface area contributed by atoms with Crippen LogP contribution in [0, 0.1) is 0 Å². The second kappa shape index (κ2) is 10.2. The van der Waals surface area contributed by atoms with Gasteiger partial charge in [0.2, 0.25) is 0 Å². The number of imide groups is 1. The van der Waals surface area contributed by atoms with Gasteiger partial charge in [0, 0.05) is 22.7 Å². The number of carbonyl (C=O) groups is 2. The van der Waals surface area contributed by atoms with Gasteiger partial charge in [0.1, 0.15) is 6.61 Å². The molecule has 3 rings (SSSR count). The van der Waals surface area contributed by atoms with Gasteiger partial charge in [-0.25, -0.2) is 0 Å². The van der Waals surface area contributed by atoms with Crippen molar-refractivity contribution in [3.05, 3.63) is 62.5 Å². The Labute approximate surface area is 188 Å². The van der Waals surface area contributed by atoms with Crippen LogP contribution < -0.4 is 9.47 Å². The highest BCUT2D eigenvalue weighted by Gasteiger charge is 2.34. The third kappa shape index (κ3) is 5.29. The van der Waals surface area contributed by atoms with E-state index in [1.54, 1.807) is 42.5 Å². The molecular formula is C21H19Cl2NO5S. The molecule has 9 heteroatoms. The molecule has 0 radical (unpaired) electrons. The third-order valence-corrected chi connectivity index (χ3v) is 5.77. The van der Waals surface area contributed by atoms with E-state index in [0.717, 1.165) is 17.3 Å². The zero-order valence-electron chi connectivity index (χ0n) is 16.3. The summed E-state index contributed by atoms with van der Waals surface area (Å²) in [5.74, 6) is 0.681. The summed E-state index contributed by atoms with van der Waals surface area (Å²) in [6.45, 7) is 0.759. The van der Waals surface area contributed by atoms with Gasteiger partial charge in [-0.3, -0.25) is 14.5 Å². The molecule has 2 aromatic carbocycles. The maximum Gasteiger partial charge on any atom is 0.293 e. The fraction of sp³-hybridized carbons (Fsp3) is 0.238. The molecule has 0 aromatic heterocycles. The Morgan fingerprint density at radius 1 is 1.07 bits per heavy atom. The molecule has 0 spiro atoms. The van der Waals surface area contributed by atoms with Gasteiger partial charge in [0.05, 0.1) is 25.2 Å². The number of hydrogen-bond acceptors (Lipinski definition) is 6. The summed E-state index contributed by atoms with van der Waals surface area (Å²) < 4.78 is 16.2. The lowest BCUT2D eigenvalue weighted by molar-refractivity contribution is -0.123. The number of thioether (sulfide) groups is 1. The van der Waals surface area contributed by atoms with Crippen LogP contribution in [0.2, 0.25) is 10.0 Å². The second-order valence-corrected chi connectivity index (χ2v) is 8.10. The molecule has 1 aliphatic rings. The number of benzene rings is 2. The molecule has 30 heavy (non-hydrogen) atoms. The van der Waals surface area contributed by atoms with Crippen LogP contribution in [-0.2, 0) is 16.1 Å². The van der Waals surface area contributed by atoms with Crippen molar-refractivity contribution in [3.63, 3.8) is 0 Å². The summed E-state index contributed by atoms with van der Waals surface area (Å²) in [5, 5.41) is 0.759. The van der Waals surface area contributed by atoms with Crippen LogP contribution in [0.5, 0.6) is 11.5 Å². The minimum Gasteiger partial charge on any atom is -0.493 e. The first-order valence-electron chi connectivity index (χ1n) is 8.92. The topological polar surface area (TPSA) is 65.1 Å². The van der Waals surface area contributed by atoms with Crippen molar-refractivity contribution in [3.8, 4) is 11.5 Å². The van der Waals surface area contributed by atoms with E-state index in [4.69, 9.17) is 37.4 Å². The van der Waals surface area contributed by atoms with Gasteiger partial charge < -0.3 is 14.2 Å². The maximum atomic E-state index is 12.4. The summed E-state index contributed by atoms with van der Waals surface area (Å²) in [5.41, 5.74) is 1.50. The van der Waals surface area contributed by atoms with Gasteiger partial charge in [-0.1, -0.05) is 35.3 Å². The van der Waals surface area contributed by atoms with Crippen molar-refractivity contribution in [2.24, 2.45) is 0 Å². The predicted octanol–water partition coefficient (Wildman–Crippen LogP) is 5.26. The van der Waals surface area contributed by atoms with Gasteiger partial charge in [-0.05, 0) is 47.7 Å². The first kappa shape index (κ1) is 22.5.